The number of rotatable bonds is 4. The lowest BCUT2D eigenvalue weighted by Crippen LogP contribution is -2.50. The maximum absolute atomic E-state index is 12.9. The van der Waals surface area contributed by atoms with Gasteiger partial charge in [0.15, 0.2) is 5.76 Å². The van der Waals surface area contributed by atoms with Gasteiger partial charge in [-0.25, -0.2) is 8.42 Å². The van der Waals surface area contributed by atoms with Crippen LogP contribution in [0, 0.1) is 13.8 Å². The number of nitrogens with one attached hydrogen (secondary N) is 1. The van der Waals surface area contributed by atoms with Crippen molar-refractivity contribution >= 4 is 27.5 Å². The highest BCUT2D eigenvalue weighted by molar-refractivity contribution is 7.89. The highest BCUT2D eigenvalue weighted by Gasteiger charge is 2.34. The number of aromatic nitrogens is 1. The van der Waals surface area contributed by atoms with Crippen LogP contribution in [-0.4, -0.2) is 60.8 Å². The molecule has 2 amide bonds. The Kier molecular flexibility index (Phi) is 5.52. The van der Waals surface area contributed by atoms with Crippen LogP contribution in [-0.2, 0) is 14.8 Å². The summed E-state index contributed by atoms with van der Waals surface area (Å²) in [5.74, 6) is -0.103. The smallest absolute Gasteiger partial charge is 0.253 e. The van der Waals surface area contributed by atoms with Crippen molar-refractivity contribution in [3.8, 4) is 0 Å². The Morgan fingerprint density at radius 1 is 1.07 bits per heavy atom. The number of piperazine rings is 1. The molecule has 0 saturated carbocycles. The van der Waals surface area contributed by atoms with E-state index in [9.17, 15) is 18.0 Å². The van der Waals surface area contributed by atoms with Crippen molar-refractivity contribution in [2.45, 2.75) is 25.7 Å². The fraction of sp³-hybridized carbons (Fsp3) is 0.389. The quantitative estimate of drug-likeness (QED) is 0.821. The molecule has 1 fully saturated rings. The molecular formula is C18H22N4O5S. The number of carbonyl (C=O) groups is 2. The van der Waals surface area contributed by atoms with Gasteiger partial charge in [-0.3, -0.25) is 9.59 Å². The molecule has 3 rings (SSSR count). The molecule has 1 aromatic heterocycles. The van der Waals surface area contributed by atoms with Gasteiger partial charge in [0, 0.05) is 44.4 Å². The first-order chi connectivity index (χ1) is 13.2. The number of nitrogens with zero attached hydrogens (tertiary/aromatic N) is 3. The van der Waals surface area contributed by atoms with Gasteiger partial charge in [-0.1, -0.05) is 5.16 Å². The second kappa shape index (κ2) is 7.72. The van der Waals surface area contributed by atoms with Gasteiger partial charge in [-0.05, 0) is 38.1 Å². The van der Waals surface area contributed by atoms with Gasteiger partial charge in [0.05, 0.1) is 0 Å². The van der Waals surface area contributed by atoms with Crippen molar-refractivity contribution in [2.24, 2.45) is 0 Å². The molecule has 0 aliphatic carbocycles. The van der Waals surface area contributed by atoms with E-state index in [0.717, 1.165) is 0 Å². The Morgan fingerprint density at radius 3 is 2.18 bits per heavy atom. The Hall–Kier alpha value is -2.72. The Balaban J connectivity index is 1.66. The van der Waals surface area contributed by atoms with Crippen molar-refractivity contribution < 1.29 is 22.5 Å². The number of aryl methyl sites for hydroxylation is 2. The lowest BCUT2D eigenvalue weighted by atomic mass is 10.1. The minimum atomic E-state index is -3.71. The highest BCUT2D eigenvalue weighted by Crippen LogP contribution is 2.24. The first kappa shape index (κ1) is 20.0. The summed E-state index contributed by atoms with van der Waals surface area (Å²) in [5, 5.41) is 6.36. The van der Waals surface area contributed by atoms with Gasteiger partial charge in [-0.2, -0.15) is 4.31 Å². The van der Waals surface area contributed by atoms with E-state index >= 15 is 0 Å². The summed E-state index contributed by atoms with van der Waals surface area (Å²) in [4.78, 5) is 25.5. The second-order valence-electron chi connectivity index (χ2n) is 6.61. The summed E-state index contributed by atoms with van der Waals surface area (Å²) in [6.45, 7) is 5.54. The number of benzene rings is 1. The molecule has 0 atom stereocenters. The summed E-state index contributed by atoms with van der Waals surface area (Å²) in [5.41, 5.74) is 1.42. The molecule has 10 heteroatoms. The molecule has 150 valence electrons. The standard InChI is InChI=1S/C18H22N4O5S/c1-12-17(13(2)27-20-12)28(25,26)22-10-8-21(9-11-22)18(24)15-4-6-16(7-5-15)19-14(3)23/h4-7H,8-11H2,1-3H3,(H,19,23). The zero-order chi connectivity index (χ0) is 20.5. The van der Waals surface area contributed by atoms with E-state index in [1.807, 2.05) is 0 Å². The first-order valence-corrected chi connectivity index (χ1v) is 10.2. The Bertz CT molecular complexity index is 970. The SMILES string of the molecule is CC(=O)Nc1ccc(C(=O)N2CCN(S(=O)(=O)c3c(C)noc3C)CC2)cc1. The second-order valence-corrected chi connectivity index (χ2v) is 8.48. The summed E-state index contributed by atoms with van der Waals surface area (Å²) in [6.07, 6.45) is 0. The summed E-state index contributed by atoms with van der Waals surface area (Å²) >= 11 is 0. The molecule has 2 aromatic rings. The van der Waals surface area contributed by atoms with Crippen LogP contribution in [0.5, 0.6) is 0 Å². The average Bonchev–Trinajstić information content (AvgIpc) is 3.00. The van der Waals surface area contributed by atoms with Crippen molar-refractivity contribution in [3.63, 3.8) is 0 Å². The van der Waals surface area contributed by atoms with Crippen molar-refractivity contribution in [3.05, 3.63) is 41.3 Å². The molecule has 0 spiro atoms. The average molecular weight is 406 g/mol. The normalized spacial score (nSPS) is 15.5. The summed E-state index contributed by atoms with van der Waals surface area (Å²) < 4.78 is 32.0. The Morgan fingerprint density at radius 2 is 1.68 bits per heavy atom. The van der Waals surface area contributed by atoms with Crippen LogP contribution >= 0.6 is 0 Å². The molecule has 1 aliphatic rings. The third kappa shape index (κ3) is 3.92. The van der Waals surface area contributed by atoms with Crippen LogP contribution in [0.2, 0.25) is 0 Å². The number of anilines is 1. The van der Waals surface area contributed by atoms with E-state index < -0.39 is 10.0 Å². The maximum atomic E-state index is 12.9. The minimum Gasteiger partial charge on any atom is -0.360 e. The van der Waals surface area contributed by atoms with Gasteiger partial charge in [0.2, 0.25) is 15.9 Å². The van der Waals surface area contributed by atoms with Crippen molar-refractivity contribution in [1.29, 1.82) is 0 Å². The van der Waals surface area contributed by atoms with Crippen LogP contribution in [0.25, 0.3) is 0 Å². The molecule has 0 unspecified atom stereocenters. The third-order valence-electron chi connectivity index (χ3n) is 4.54. The number of amides is 2. The summed E-state index contributed by atoms with van der Waals surface area (Å²) in [7, 11) is -3.71. The molecule has 9 nitrogen and oxygen atoms in total. The number of sulfonamides is 1. The molecular weight excluding hydrogens is 384 g/mol. The molecule has 28 heavy (non-hydrogen) atoms. The van der Waals surface area contributed by atoms with Crippen LogP contribution in [0.1, 0.15) is 28.7 Å². The molecule has 1 aromatic carbocycles. The van der Waals surface area contributed by atoms with Gasteiger partial charge in [0.25, 0.3) is 5.91 Å². The zero-order valence-electron chi connectivity index (χ0n) is 15.9. The lowest BCUT2D eigenvalue weighted by molar-refractivity contribution is -0.114. The third-order valence-corrected chi connectivity index (χ3v) is 6.69. The van der Waals surface area contributed by atoms with Crippen LogP contribution in [0.4, 0.5) is 5.69 Å². The lowest BCUT2D eigenvalue weighted by Gasteiger charge is -2.34. The Labute approximate surface area is 163 Å². The topological polar surface area (TPSA) is 113 Å². The predicted octanol–water partition coefficient (Wildman–Crippen LogP) is 1.40. The molecule has 2 heterocycles. The molecule has 0 bridgehead atoms. The largest absolute Gasteiger partial charge is 0.360 e. The van der Waals surface area contributed by atoms with Crippen molar-refractivity contribution in [2.75, 3.05) is 31.5 Å². The van der Waals surface area contributed by atoms with Crippen LogP contribution in [0.15, 0.2) is 33.7 Å². The molecule has 1 aliphatic heterocycles. The number of carbonyl (C=O) groups excluding carboxylic acids is 2. The van der Waals surface area contributed by atoms with E-state index in [4.69, 9.17) is 4.52 Å². The van der Waals surface area contributed by atoms with Gasteiger partial charge in [0.1, 0.15) is 10.6 Å². The fourth-order valence-corrected chi connectivity index (χ4v) is 4.90. The summed E-state index contributed by atoms with van der Waals surface area (Å²) in [6, 6.07) is 6.60. The molecule has 1 N–H and O–H groups in total. The molecule has 1 saturated heterocycles. The van der Waals surface area contributed by atoms with Crippen LogP contribution < -0.4 is 5.32 Å². The highest BCUT2D eigenvalue weighted by atomic mass is 32.2. The van der Waals surface area contributed by atoms with E-state index in [1.165, 1.54) is 11.2 Å². The molecule has 0 radical (unpaired) electrons. The van der Waals surface area contributed by atoms with E-state index in [-0.39, 0.29) is 48.6 Å². The van der Waals surface area contributed by atoms with Gasteiger partial charge >= 0.3 is 0 Å². The fourth-order valence-electron chi connectivity index (χ4n) is 3.19. The van der Waals surface area contributed by atoms with E-state index in [1.54, 1.807) is 43.0 Å². The number of hydrogen-bond acceptors (Lipinski definition) is 6. The zero-order valence-corrected chi connectivity index (χ0v) is 16.7. The van der Waals surface area contributed by atoms with E-state index in [2.05, 4.69) is 10.5 Å². The monoisotopic (exact) mass is 406 g/mol. The number of hydrogen-bond donors (Lipinski definition) is 1. The van der Waals surface area contributed by atoms with Crippen LogP contribution in [0.3, 0.4) is 0 Å². The van der Waals surface area contributed by atoms with E-state index in [0.29, 0.717) is 16.9 Å². The first-order valence-electron chi connectivity index (χ1n) is 8.80. The minimum absolute atomic E-state index is 0.0980. The maximum Gasteiger partial charge on any atom is 0.253 e. The van der Waals surface area contributed by atoms with Gasteiger partial charge < -0.3 is 14.7 Å². The predicted molar refractivity (Wildman–Crippen MR) is 101 cm³/mol. The van der Waals surface area contributed by atoms with Gasteiger partial charge in [-0.15, -0.1) is 0 Å². The van der Waals surface area contributed by atoms with Crippen molar-refractivity contribution in [1.82, 2.24) is 14.4 Å².